The molecule has 5 amide bonds. The van der Waals surface area contributed by atoms with E-state index in [4.69, 9.17) is 14.5 Å². The number of urea groups is 1. The van der Waals surface area contributed by atoms with Crippen LogP contribution in [0.1, 0.15) is 102 Å². The Bertz CT molecular complexity index is 2840. The number of benzene rings is 2. The number of alkyl halides is 2. The highest BCUT2D eigenvalue weighted by molar-refractivity contribution is 6.88. The summed E-state index contributed by atoms with van der Waals surface area (Å²) in [7, 11) is 2.37. The maximum absolute atomic E-state index is 15.2. The van der Waals surface area contributed by atoms with Crippen LogP contribution in [0.2, 0.25) is 5.54 Å². The number of ether oxygens (including phenoxy) is 2. The molecule has 2 aromatic carbocycles. The van der Waals surface area contributed by atoms with Gasteiger partial charge >= 0.3 is 12.0 Å². The first kappa shape index (κ1) is 56.4. The molecule has 0 saturated carbocycles. The minimum Gasteiger partial charge on any atom is -0.465 e. The molecule has 3 saturated heterocycles. The topological polar surface area (TPSA) is 162 Å². The summed E-state index contributed by atoms with van der Waals surface area (Å²) in [4.78, 5) is 86.1. The molecule has 3 radical (unpaired) electrons. The molecule has 2 aromatic heterocycles. The molecule has 16 nitrogen and oxygen atoms in total. The van der Waals surface area contributed by atoms with Crippen LogP contribution in [0.25, 0.3) is 33.3 Å². The lowest BCUT2D eigenvalue weighted by Crippen LogP contribution is -2.66. The number of fused-ring (bicyclic) bond motifs is 7. The van der Waals surface area contributed by atoms with Crippen LogP contribution in [0, 0.1) is 11.3 Å². The van der Waals surface area contributed by atoms with Crippen LogP contribution in [-0.2, 0) is 42.9 Å². The fourth-order valence-electron chi connectivity index (χ4n) is 11.6. The summed E-state index contributed by atoms with van der Waals surface area (Å²) in [6.45, 7) is 19.2. The van der Waals surface area contributed by atoms with Crippen molar-refractivity contribution >= 4 is 58.9 Å². The van der Waals surface area contributed by atoms with Gasteiger partial charge in [0.2, 0.25) is 17.3 Å². The van der Waals surface area contributed by atoms with Gasteiger partial charge in [0, 0.05) is 99.2 Å². The molecule has 0 unspecified atom stereocenters. The summed E-state index contributed by atoms with van der Waals surface area (Å²) in [5, 5.41) is 5.61. The van der Waals surface area contributed by atoms with Gasteiger partial charge in [0.15, 0.2) is 9.68 Å². The van der Waals surface area contributed by atoms with E-state index in [-0.39, 0.29) is 69.9 Å². The van der Waals surface area contributed by atoms with Crippen molar-refractivity contribution in [2.45, 2.75) is 116 Å². The second-order valence-corrected chi connectivity index (χ2v) is 25.3. The van der Waals surface area contributed by atoms with E-state index in [9.17, 15) is 19.2 Å². The van der Waals surface area contributed by atoms with E-state index in [0.717, 1.165) is 33.4 Å². The number of hydrazine groups is 1. The number of likely N-dealkylation sites (tertiary alicyclic amines) is 1. The number of aromatic nitrogens is 2. The molecular formula is C56H74F2N9O7Si2. The number of nitrogens with one attached hydrogen (secondary N) is 2. The second kappa shape index (κ2) is 23.4. The van der Waals surface area contributed by atoms with Gasteiger partial charge in [0.05, 0.1) is 29.6 Å². The maximum Gasteiger partial charge on any atom is 0.320 e. The molecule has 3 atom stereocenters. The third kappa shape index (κ3) is 11.7. The second-order valence-electron chi connectivity index (χ2n) is 22.1. The average Bonchev–Trinajstić information content (AvgIpc) is 3.50. The van der Waals surface area contributed by atoms with Gasteiger partial charge in [-0.05, 0) is 124 Å². The number of rotatable bonds is 10. The number of piperidine rings is 1. The van der Waals surface area contributed by atoms with Crippen molar-refractivity contribution in [3.63, 3.8) is 0 Å². The number of carbonyl (C=O) groups excluding carboxylic acids is 5. The van der Waals surface area contributed by atoms with Crippen LogP contribution in [0.15, 0.2) is 67.4 Å². The molecule has 4 aromatic rings. The molecule has 407 valence electrons. The molecule has 6 heterocycles. The number of halogens is 2. The Balaban J connectivity index is 1.16. The van der Waals surface area contributed by atoms with E-state index in [1.165, 1.54) is 28.1 Å². The number of likely N-dealkylation sites (N-methyl/N-ethyl adjacent to an activating group) is 2. The quantitative estimate of drug-likeness (QED) is 0.0907. The van der Waals surface area contributed by atoms with E-state index >= 15 is 13.6 Å². The van der Waals surface area contributed by atoms with E-state index in [1.54, 1.807) is 25.3 Å². The van der Waals surface area contributed by atoms with Crippen LogP contribution < -0.4 is 10.1 Å². The number of amides is 5. The summed E-state index contributed by atoms with van der Waals surface area (Å²) < 4.78 is 44.6. The summed E-state index contributed by atoms with van der Waals surface area (Å²) >= 11 is 0. The van der Waals surface area contributed by atoms with E-state index in [1.807, 2.05) is 62.1 Å². The van der Waals surface area contributed by atoms with Gasteiger partial charge in [0.25, 0.3) is 15.4 Å². The van der Waals surface area contributed by atoms with Crippen LogP contribution in [0.5, 0.6) is 0 Å². The third-order valence-corrected chi connectivity index (χ3v) is 19.3. The Kier molecular flexibility index (Phi) is 17.4. The normalized spacial score (nSPS) is 20.5. The smallest absolute Gasteiger partial charge is 0.320 e. The lowest BCUT2D eigenvalue weighted by Gasteiger charge is -2.53. The lowest BCUT2D eigenvalue weighted by atomic mass is 9.83. The van der Waals surface area contributed by atoms with Gasteiger partial charge in [-0.25, -0.2) is 13.6 Å². The highest BCUT2D eigenvalue weighted by Crippen LogP contribution is 2.43. The number of piperazine rings is 1. The number of pyridine rings is 1. The van der Waals surface area contributed by atoms with Crippen molar-refractivity contribution in [2.24, 2.45) is 11.3 Å². The van der Waals surface area contributed by atoms with Gasteiger partial charge in [0.1, 0.15) is 6.04 Å². The van der Waals surface area contributed by atoms with E-state index < -0.39 is 43.8 Å². The van der Waals surface area contributed by atoms with Crippen molar-refractivity contribution in [3.05, 3.63) is 89.8 Å². The largest absolute Gasteiger partial charge is 0.465 e. The number of cyclic esters (lactones) is 1. The third-order valence-electron chi connectivity index (χ3n) is 15.9. The molecule has 2 N–H and O–H groups in total. The predicted octanol–water partition coefficient (Wildman–Crippen LogP) is 7.93. The Morgan fingerprint density at radius 3 is 2.47 bits per heavy atom. The van der Waals surface area contributed by atoms with Crippen molar-refractivity contribution in [1.82, 2.24) is 44.2 Å². The molecule has 1 spiro atoms. The fraction of sp³-hybridized carbons (Fsp3) is 0.536. The minimum atomic E-state index is -2.84. The molecule has 76 heavy (non-hydrogen) atoms. The van der Waals surface area contributed by atoms with Crippen LogP contribution >= 0.6 is 0 Å². The number of hydrogen-bond donors (Lipinski definition) is 2. The number of nitrogens with zero attached hydrogens (tertiary/aromatic N) is 7. The van der Waals surface area contributed by atoms with Gasteiger partial charge in [-0.15, -0.1) is 0 Å². The van der Waals surface area contributed by atoms with Crippen molar-refractivity contribution in [3.8, 4) is 22.4 Å². The molecule has 0 aliphatic carbocycles. The SMILES string of the molecule is C=CC(=O)N1CCN(C)C2(CCN(C(=O)N(C)[C@H](C(=O)N[Si]3Cc4cc(cc(C(F)F)c4)-c4ccc5c(c4)c(c(-c4cccnc4[C@H](C)OC)n5CC)CC(C)(C)COC(=O)[C@@H]4CCCN(N[Si]4)C3=O)C(C)C)CC2)C1. The Labute approximate surface area is 450 Å². The highest BCUT2D eigenvalue weighted by atomic mass is 28.3. The van der Waals surface area contributed by atoms with Gasteiger partial charge < -0.3 is 33.7 Å². The zero-order valence-corrected chi connectivity index (χ0v) is 47.5. The van der Waals surface area contributed by atoms with Crippen molar-refractivity contribution in [1.29, 1.82) is 0 Å². The van der Waals surface area contributed by atoms with Crippen LogP contribution in [0.4, 0.5) is 18.4 Å². The number of esters is 1. The summed E-state index contributed by atoms with van der Waals surface area (Å²) in [5.41, 5.74) is 4.15. The Morgan fingerprint density at radius 2 is 1.79 bits per heavy atom. The summed E-state index contributed by atoms with van der Waals surface area (Å²) in [5.74, 6) is -1.39. The lowest BCUT2D eigenvalue weighted by molar-refractivity contribution is -0.146. The summed E-state index contributed by atoms with van der Waals surface area (Å²) in [6, 6.07) is 13.3. The van der Waals surface area contributed by atoms with E-state index in [2.05, 4.69) is 53.9 Å². The van der Waals surface area contributed by atoms with Crippen molar-refractivity contribution in [2.75, 3.05) is 67.1 Å². The molecule has 3 fully saturated rings. The Morgan fingerprint density at radius 1 is 1.04 bits per heavy atom. The standard InChI is InChI=1S/C56H74F2N9O7Si2/c1-11-46(68)65-26-25-62(8)56(33-65)19-23-64(24-20-56)53(71)63(9)48(35(3)4)51(69)60-76-32-37-27-39(29-40(28-37)50(57)58)38-17-18-44-42(30-38)43(49(66(44)12-2)41-15-13-21-59-47(41)36(5)73-10)31-55(6,7)34-74-52(70)45-16-14-22-67(54(76)72)61-75-45/h11,13,15,17-18,21,27-30,35-36,45,48,50,61H,1,12,14,16,19-20,22-26,31-34H2,2-10H3,(H,60,69)/t36-,45-,48-/m0/s1. The van der Waals surface area contributed by atoms with Crippen molar-refractivity contribution < 1.29 is 42.2 Å². The zero-order valence-electron chi connectivity index (χ0n) is 45.5. The van der Waals surface area contributed by atoms with E-state index in [0.29, 0.717) is 88.1 Å². The number of aryl methyl sites for hydroxylation is 1. The minimum absolute atomic E-state index is 0.0509. The first-order valence-corrected chi connectivity index (χ1v) is 29.3. The van der Waals surface area contributed by atoms with Gasteiger partial charge in [-0.2, -0.15) is 0 Å². The Hall–Kier alpha value is -5.81. The fourth-order valence-corrected chi connectivity index (χ4v) is 14.7. The molecule has 20 heteroatoms. The zero-order chi connectivity index (χ0) is 54.8. The maximum atomic E-state index is 15.2. The number of carbonyl (C=O) groups is 5. The van der Waals surface area contributed by atoms with Gasteiger partial charge in [-0.3, -0.25) is 39.2 Å². The number of methoxy groups -OCH3 is 1. The van der Waals surface area contributed by atoms with Crippen LogP contribution in [0.3, 0.4) is 0 Å². The predicted molar refractivity (Wildman–Crippen MR) is 291 cm³/mol. The van der Waals surface area contributed by atoms with Gasteiger partial charge in [-0.1, -0.05) is 52.5 Å². The number of hydrogen-bond acceptors (Lipinski definition) is 10. The summed E-state index contributed by atoms with van der Waals surface area (Å²) in [6.07, 6.45) is 2.60. The molecular weight excluding hydrogens is 1000 g/mol. The highest BCUT2D eigenvalue weighted by Gasteiger charge is 2.45. The molecule has 4 aliphatic rings. The molecule has 4 aliphatic heterocycles. The molecule has 8 rings (SSSR count). The molecule has 6 bridgehead atoms. The first-order chi connectivity index (χ1) is 36.2. The van der Waals surface area contributed by atoms with Crippen LogP contribution in [-0.4, -0.2) is 161 Å². The first-order valence-electron chi connectivity index (χ1n) is 26.6. The average molecular weight is 1080 g/mol. The monoisotopic (exact) mass is 1080 g/mol.